The molecule has 1 aliphatic heterocycles. The molecule has 0 atom stereocenters. The molecule has 0 radical (unpaired) electrons. The number of nitrogens with one attached hydrogen (secondary N) is 2. The molecule has 1 aliphatic rings. The molecule has 0 aliphatic carbocycles. The number of hydrogen-bond donors (Lipinski definition) is 2. The summed E-state index contributed by atoms with van der Waals surface area (Å²) in [7, 11) is 5.91. The molecule has 2 N–H and O–H groups in total. The second kappa shape index (κ2) is 11.4. The maximum atomic E-state index is 13.2. The molecule has 10 heteroatoms. The van der Waals surface area contributed by atoms with Gasteiger partial charge in [-0.3, -0.25) is 9.48 Å². The average molecular weight is 551 g/mol. The second-order valence-corrected chi connectivity index (χ2v) is 10.6. The molecule has 0 unspecified atom stereocenters. The number of ether oxygens (including phenoxy) is 1. The Morgan fingerprint density at radius 2 is 1.85 bits per heavy atom. The lowest BCUT2D eigenvalue weighted by Crippen LogP contribution is -2.42. The summed E-state index contributed by atoms with van der Waals surface area (Å²) in [5.74, 6) is 2.54. The van der Waals surface area contributed by atoms with Crippen LogP contribution in [-0.4, -0.2) is 75.9 Å². The molecule has 0 saturated carbocycles. The van der Waals surface area contributed by atoms with E-state index in [2.05, 4.69) is 39.2 Å². The van der Waals surface area contributed by atoms with Gasteiger partial charge in [-0.25, -0.2) is 9.97 Å². The summed E-state index contributed by atoms with van der Waals surface area (Å²) >= 11 is 0. The van der Waals surface area contributed by atoms with Crippen LogP contribution in [0.25, 0.3) is 22.6 Å². The third-order valence-electron chi connectivity index (χ3n) is 7.67. The fourth-order valence-electron chi connectivity index (χ4n) is 5.27. The molecule has 4 heterocycles. The Labute approximate surface area is 239 Å². The predicted octanol–water partition coefficient (Wildman–Crippen LogP) is 4.66. The van der Waals surface area contributed by atoms with Crippen molar-refractivity contribution in [2.45, 2.75) is 25.4 Å². The summed E-state index contributed by atoms with van der Waals surface area (Å²) in [6, 6.07) is 21.9. The molecule has 2 aromatic carbocycles. The summed E-state index contributed by atoms with van der Waals surface area (Å²) in [6.45, 7) is 2.40. The van der Waals surface area contributed by atoms with Crippen molar-refractivity contribution in [2.24, 2.45) is 0 Å². The van der Waals surface area contributed by atoms with Crippen molar-refractivity contribution in [3.63, 3.8) is 0 Å². The van der Waals surface area contributed by atoms with Gasteiger partial charge in [0, 0.05) is 31.4 Å². The highest BCUT2D eigenvalue weighted by molar-refractivity contribution is 6.03. The maximum absolute atomic E-state index is 13.2. The summed E-state index contributed by atoms with van der Waals surface area (Å²) in [6.07, 6.45) is 3.84. The van der Waals surface area contributed by atoms with Gasteiger partial charge in [0.15, 0.2) is 11.6 Å². The number of fused-ring (bicyclic) bond motifs is 1. The van der Waals surface area contributed by atoms with E-state index in [4.69, 9.17) is 14.8 Å². The number of piperidine rings is 1. The van der Waals surface area contributed by atoms with E-state index < -0.39 is 0 Å². The number of amides is 1. The normalized spacial score (nSPS) is 14.1. The fourth-order valence-corrected chi connectivity index (χ4v) is 5.27. The van der Waals surface area contributed by atoms with E-state index in [-0.39, 0.29) is 5.91 Å². The van der Waals surface area contributed by atoms with Crippen LogP contribution in [0.1, 0.15) is 28.8 Å². The number of H-pyrrole nitrogens is 1. The summed E-state index contributed by atoms with van der Waals surface area (Å²) in [5, 5.41) is 7.69. The van der Waals surface area contributed by atoms with Gasteiger partial charge < -0.3 is 24.8 Å². The average Bonchev–Trinajstić information content (AvgIpc) is 3.61. The van der Waals surface area contributed by atoms with E-state index in [1.165, 1.54) is 0 Å². The Kier molecular flexibility index (Phi) is 7.39. The molecule has 0 bridgehead atoms. The van der Waals surface area contributed by atoms with Crippen LogP contribution in [0.3, 0.4) is 0 Å². The number of benzene rings is 2. The number of pyridine rings is 1. The van der Waals surface area contributed by atoms with Crippen LogP contribution < -0.4 is 15.0 Å². The number of carbonyl (C=O) groups excluding carboxylic acids is 1. The summed E-state index contributed by atoms with van der Waals surface area (Å²) < 4.78 is 7.14. The number of aromatic amines is 1. The summed E-state index contributed by atoms with van der Waals surface area (Å²) in [4.78, 5) is 30.5. The van der Waals surface area contributed by atoms with Crippen molar-refractivity contribution < 1.29 is 9.53 Å². The smallest absolute Gasteiger partial charge is 0.258 e. The predicted molar refractivity (Wildman–Crippen MR) is 161 cm³/mol. The van der Waals surface area contributed by atoms with Crippen LogP contribution in [0.15, 0.2) is 72.9 Å². The number of nitrogens with zero attached hydrogens (tertiary/aromatic N) is 6. The van der Waals surface area contributed by atoms with Crippen molar-refractivity contribution in [3.8, 4) is 17.3 Å². The van der Waals surface area contributed by atoms with Gasteiger partial charge in [0.2, 0.25) is 0 Å². The molecule has 5 aromatic rings. The number of carbonyl (C=O) groups is 1. The van der Waals surface area contributed by atoms with Gasteiger partial charge in [0.05, 0.1) is 30.3 Å². The van der Waals surface area contributed by atoms with Gasteiger partial charge in [-0.2, -0.15) is 5.10 Å². The Morgan fingerprint density at radius 1 is 1.07 bits per heavy atom. The van der Waals surface area contributed by atoms with Crippen molar-refractivity contribution in [2.75, 3.05) is 44.5 Å². The molecule has 1 amide bonds. The molecule has 10 nitrogen and oxygen atoms in total. The minimum atomic E-state index is -0.263. The van der Waals surface area contributed by atoms with E-state index >= 15 is 0 Å². The van der Waals surface area contributed by atoms with Crippen molar-refractivity contribution >= 4 is 28.6 Å². The van der Waals surface area contributed by atoms with Gasteiger partial charge in [-0.1, -0.05) is 24.3 Å². The minimum absolute atomic E-state index is 0.263. The molecule has 6 rings (SSSR count). The number of aromatic nitrogens is 5. The van der Waals surface area contributed by atoms with E-state index in [0.717, 1.165) is 59.8 Å². The van der Waals surface area contributed by atoms with E-state index in [1.807, 2.05) is 71.4 Å². The summed E-state index contributed by atoms with van der Waals surface area (Å²) in [5.41, 5.74) is 4.08. The van der Waals surface area contributed by atoms with Crippen LogP contribution in [0.2, 0.25) is 0 Å². The zero-order valence-electron chi connectivity index (χ0n) is 23.5. The fraction of sp³-hybridized carbons (Fsp3) is 0.290. The van der Waals surface area contributed by atoms with Gasteiger partial charge in [0.25, 0.3) is 5.91 Å². The number of rotatable bonds is 8. The number of anilines is 2. The van der Waals surface area contributed by atoms with Gasteiger partial charge in [-0.05, 0) is 68.9 Å². The minimum Gasteiger partial charge on any atom is -0.497 e. The lowest BCUT2D eigenvalue weighted by atomic mass is 10.0. The molecular weight excluding hydrogens is 516 g/mol. The molecule has 1 saturated heterocycles. The molecule has 1 fully saturated rings. The molecular formula is C31H34N8O2. The largest absolute Gasteiger partial charge is 0.497 e. The van der Waals surface area contributed by atoms with Crippen LogP contribution in [0, 0.1) is 0 Å². The quantitative estimate of drug-likeness (QED) is 0.290. The Balaban J connectivity index is 1.21. The Bertz CT molecular complexity index is 1600. The molecule has 41 heavy (non-hydrogen) atoms. The van der Waals surface area contributed by atoms with E-state index in [1.54, 1.807) is 13.3 Å². The number of methoxy groups -OCH3 is 1. The van der Waals surface area contributed by atoms with Crippen LogP contribution in [0.5, 0.6) is 5.75 Å². The highest BCUT2D eigenvalue weighted by Gasteiger charge is 2.22. The highest BCUT2D eigenvalue weighted by atomic mass is 16.5. The van der Waals surface area contributed by atoms with Crippen molar-refractivity contribution in [3.05, 3.63) is 84.1 Å². The first-order valence-electron chi connectivity index (χ1n) is 13.8. The van der Waals surface area contributed by atoms with Crippen LogP contribution in [0.4, 0.5) is 11.6 Å². The lowest BCUT2D eigenvalue weighted by molar-refractivity contribution is 0.102. The molecule has 0 spiro atoms. The van der Waals surface area contributed by atoms with Gasteiger partial charge >= 0.3 is 0 Å². The third kappa shape index (κ3) is 5.78. The number of hydrogen-bond acceptors (Lipinski definition) is 7. The second-order valence-electron chi connectivity index (χ2n) is 10.6. The zero-order chi connectivity index (χ0) is 28.3. The van der Waals surface area contributed by atoms with Gasteiger partial charge in [0.1, 0.15) is 17.3 Å². The maximum Gasteiger partial charge on any atom is 0.258 e. The third-order valence-corrected chi connectivity index (χ3v) is 7.67. The first kappa shape index (κ1) is 26.5. The zero-order valence-corrected chi connectivity index (χ0v) is 23.5. The Hall–Kier alpha value is -4.70. The Morgan fingerprint density at radius 3 is 2.54 bits per heavy atom. The van der Waals surface area contributed by atoms with Crippen LogP contribution in [-0.2, 0) is 6.54 Å². The van der Waals surface area contributed by atoms with E-state index in [9.17, 15) is 4.79 Å². The highest BCUT2D eigenvalue weighted by Crippen LogP contribution is 2.26. The van der Waals surface area contributed by atoms with Crippen molar-refractivity contribution in [1.82, 2.24) is 29.6 Å². The lowest BCUT2D eigenvalue weighted by Gasteiger charge is -2.35. The SMILES string of the molecule is COc1ccc(Cn2nc(NC(=O)c3ccc(N4CCC(N(C)C)CC4)nc3)cc2-c2nc3ccccc3[nH]2)cc1. The molecule has 3 aromatic heterocycles. The monoisotopic (exact) mass is 550 g/mol. The topological polar surface area (TPSA) is 104 Å². The standard InChI is InChI=1S/C31H34N8O2/c1-37(2)23-14-16-38(17-15-23)29-13-10-22(19-32-29)31(40)35-28-18-27(30-33-25-6-4-5-7-26(25)34-30)39(36-28)20-21-8-11-24(41-3)12-9-21/h4-13,18-19,23H,14-17,20H2,1-3H3,(H,33,34)(H,35,36,40). The van der Waals surface area contributed by atoms with Crippen LogP contribution >= 0.6 is 0 Å². The first-order valence-corrected chi connectivity index (χ1v) is 13.8. The van der Waals surface area contributed by atoms with Crippen molar-refractivity contribution in [1.29, 1.82) is 0 Å². The number of imidazole rings is 1. The first-order chi connectivity index (χ1) is 20.0. The molecule has 210 valence electrons. The number of para-hydroxylation sites is 2. The van der Waals surface area contributed by atoms with Gasteiger partial charge in [-0.15, -0.1) is 0 Å². The van der Waals surface area contributed by atoms with E-state index in [0.29, 0.717) is 29.8 Å².